The SMILES string of the molecule is O=C(CCCOc1cccc(Br)c1)N1CCC(O)(C(=O)O)CC1. The van der Waals surface area contributed by atoms with Gasteiger partial charge in [-0.25, -0.2) is 4.79 Å². The summed E-state index contributed by atoms with van der Waals surface area (Å²) in [6.45, 7) is 0.983. The van der Waals surface area contributed by atoms with E-state index < -0.39 is 11.6 Å². The Morgan fingerprint density at radius 2 is 2.00 bits per heavy atom. The van der Waals surface area contributed by atoms with Gasteiger partial charge in [0, 0.05) is 36.8 Å². The fourth-order valence-corrected chi connectivity index (χ4v) is 2.85. The first kappa shape index (κ1) is 17.7. The van der Waals surface area contributed by atoms with Crippen molar-refractivity contribution < 1.29 is 24.5 Å². The molecule has 1 aliphatic heterocycles. The molecule has 1 fully saturated rings. The number of aliphatic carboxylic acids is 1. The van der Waals surface area contributed by atoms with E-state index >= 15 is 0 Å². The minimum absolute atomic E-state index is 0.0321. The Hall–Kier alpha value is -1.60. The van der Waals surface area contributed by atoms with Crippen molar-refractivity contribution in [2.75, 3.05) is 19.7 Å². The molecule has 0 unspecified atom stereocenters. The third-order valence-corrected chi connectivity index (χ3v) is 4.43. The number of aliphatic hydroxyl groups is 1. The second kappa shape index (κ2) is 7.79. The average Bonchev–Trinajstić information content (AvgIpc) is 2.52. The molecule has 0 aromatic heterocycles. The Kier molecular flexibility index (Phi) is 6.01. The van der Waals surface area contributed by atoms with Gasteiger partial charge in [-0.15, -0.1) is 0 Å². The number of carbonyl (C=O) groups is 2. The van der Waals surface area contributed by atoms with Crippen LogP contribution < -0.4 is 4.74 Å². The molecule has 1 heterocycles. The Labute approximate surface area is 143 Å². The standard InChI is InChI=1S/C16H20BrNO5/c17-12-3-1-4-13(11-12)23-10-2-5-14(19)18-8-6-16(22,7-9-18)15(20)21/h1,3-4,11,22H,2,5-10H2,(H,20,21). The number of carboxylic acids is 1. The zero-order valence-electron chi connectivity index (χ0n) is 12.7. The zero-order chi connectivity index (χ0) is 16.9. The number of nitrogens with zero attached hydrogens (tertiary/aromatic N) is 1. The summed E-state index contributed by atoms with van der Waals surface area (Å²) in [5, 5.41) is 18.8. The minimum atomic E-state index is -1.69. The van der Waals surface area contributed by atoms with E-state index in [1.54, 1.807) is 4.90 Å². The maximum Gasteiger partial charge on any atom is 0.335 e. The lowest BCUT2D eigenvalue weighted by Crippen LogP contribution is -2.50. The molecule has 0 saturated carbocycles. The maximum absolute atomic E-state index is 12.1. The molecule has 6 nitrogen and oxygen atoms in total. The van der Waals surface area contributed by atoms with Gasteiger partial charge >= 0.3 is 5.97 Å². The van der Waals surface area contributed by atoms with Crippen LogP contribution in [0.4, 0.5) is 0 Å². The Morgan fingerprint density at radius 3 is 2.61 bits per heavy atom. The predicted octanol–water partition coefficient (Wildman–Crippen LogP) is 2.05. The number of benzene rings is 1. The molecule has 7 heteroatoms. The molecule has 23 heavy (non-hydrogen) atoms. The van der Waals surface area contributed by atoms with E-state index in [0.717, 1.165) is 10.2 Å². The van der Waals surface area contributed by atoms with Gasteiger partial charge in [-0.05, 0) is 24.6 Å². The topological polar surface area (TPSA) is 87.1 Å². The quantitative estimate of drug-likeness (QED) is 0.731. The summed E-state index contributed by atoms with van der Waals surface area (Å²) >= 11 is 3.36. The monoisotopic (exact) mass is 385 g/mol. The summed E-state index contributed by atoms with van der Waals surface area (Å²) < 4.78 is 6.51. The molecule has 0 radical (unpaired) electrons. The van der Waals surface area contributed by atoms with Gasteiger partial charge in [-0.2, -0.15) is 0 Å². The van der Waals surface area contributed by atoms with E-state index in [4.69, 9.17) is 9.84 Å². The summed E-state index contributed by atoms with van der Waals surface area (Å²) in [7, 11) is 0. The van der Waals surface area contributed by atoms with Crippen molar-refractivity contribution in [3.63, 3.8) is 0 Å². The van der Waals surface area contributed by atoms with Gasteiger partial charge in [-0.1, -0.05) is 22.0 Å². The third kappa shape index (κ3) is 4.94. The van der Waals surface area contributed by atoms with Crippen LogP contribution in [0.1, 0.15) is 25.7 Å². The number of halogens is 1. The summed E-state index contributed by atoms with van der Waals surface area (Å²) in [5.41, 5.74) is -1.69. The number of piperidine rings is 1. The molecule has 2 rings (SSSR count). The Morgan fingerprint density at radius 1 is 1.30 bits per heavy atom. The number of amides is 1. The normalized spacial score (nSPS) is 16.9. The number of hydrogen-bond donors (Lipinski definition) is 2. The van der Waals surface area contributed by atoms with Gasteiger partial charge in [-0.3, -0.25) is 4.79 Å². The molecule has 1 amide bonds. The summed E-state index contributed by atoms with van der Waals surface area (Å²) in [4.78, 5) is 24.6. The molecule has 1 aromatic carbocycles. The molecular weight excluding hydrogens is 366 g/mol. The molecule has 2 N–H and O–H groups in total. The highest BCUT2D eigenvalue weighted by Gasteiger charge is 2.40. The van der Waals surface area contributed by atoms with Gasteiger partial charge in [0.1, 0.15) is 5.75 Å². The molecule has 1 saturated heterocycles. The average molecular weight is 386 g/mol. The molecule has 126 valence electrons. The molecule has 0 aliphatic carbocycles. The first-order chi connectivity index (χ1) is 10.9. The second-order valence-corrected chi connectivity index (χ2v) is 6.54. The van der Waals surface area contributed by atoms with Crippen LogP contribution in [0.25, 0.3) is 0 Å². The van der Waals surface area contributed by atoms with Crippen LogP contribution in [0.3, 0.4) is 0 Å². The van der Waals surface area contributed by atoms with Crippen LogP contribution in [0.5, 0.6) is 5.75 Å². The van der Waals surface area contributed by atoms with E-state index in [2.05, 4.69) is 15.9 Å². The van der Waals surface area contributed by atoms with Crippen molar-refractivity contribution in [1.82, 2.24) is 4.90 Å². The van der Waals surface area contributed by atoms with Gasteiger partial charge in [0.25, 0.3) is 0 Å². The van der Waals surface area contributed by atoms with Crippen molar-refractivity contribution >= 4 is 27.8 Å². The molecular formula is C16H20BrNO5. The summed E-state index contributed by atoms with van der Waals surface area (Å²) in [5.74, 6) is -0.501. The highest BCUT2D eigenvalue weighted by atomic mass is 79.9. The number of likely N-dealkylation sites (tertiary alicyclic amines) is 1. The summed E-state index contributed by atoms with van der Waals surface area (Å²) in [6.07, 6.45) is 1.08. The van der Waals surface area contributed by atoms with Gasteiger partial charge in [0.05, 0.1) is 6.61 Å². The van der Waals surface area contributed by atoms with Crippen LogP contribution in [-0.4, -0.2) is 52.3 Å². The van der Waals surface area contributed by atoms with Crippen molar-refractivity contribution in [3.05, 3.63) is 28.7 Å². The molecule has 0 atom stereocenters. The van der Waals surface area contributed by atoms with E-state index in [0.29, 0.717) is 19.4 Å². The first-order valence-electron chi connectivity index (χ1n) is 7.53. The lowest BCUT2D eigenvalue weighted by atomic mass is 9.91. The first-order valence-corrected chi connectivity index (χ1v) is 8.32. The minimum Gasteiger partial charge on any atom is -0.494 e. The molecule has 0 spiro atoms. The van der Waals surface area contributed by atoms with Crippen LogP contribution in [0.15, 0.2) is 28.7 Å². The number of carboxylic acid groups (broad SMARTS) is 1. The van der Waals surface area contributed by atoms with Crippen LogP contribution >= 0.6 is 15.9 Å². The number of rotatable bonds is 6. The van der Waals surface area contributed by atoms with Gasteiger partial charge in [0.15, 0.2) is 5.60 Å². The second-order valence-electron chi connectivity index (χ2n) is 5.63. The van der Waals surface area contributed by atoms with Crippen molar-refractivity contribution in [2.24, 2.45) is 0 Å². The van der Waals surface area contributed by atoms with E-state index in [1.807, 2.05) is 24.3 Å². The zero-order valence-corrected chi connectivity index (χ0v) is 14.3. The highest BCUT2D eigenvalue weighted by Crippen LogP contribution is 2.23. The van der Waals surface area contributed by atoms with Crippen LogP contribution in [-0.2, 0) is 9.59 Å². The van der Waals surface area contributed by atoms with E-state index in [1.165, 1.54) is 0 Å². The van der Waals surface area contributed by atoms with Crippen molar-refractivity contribution in [3.8, 4) is 5.75 Å². The third-order valence-electron chi connectivity index (χ3n) is 3.94. The number of ether oxygens (including phenoxy) is 1. The summed E-state index contributed by atoms with van der Waals surface area (Å²) in [6, 6.07) is 7.50. The molecule has 0 bridgehead atoms. The molecule has 1 aliphatic rings. The van der Waals surface area contributed by atoms with E-state index in [9.17, 15) is 14.7 Å². The lowest BCUT2D eigenvalue weighted by molar-refractivity contribution is -0.165. The Bertz CT molecular complexity index is 569. The van der Waals surface area contributed by atoms with Gasteiger partial charge < -0.3 is 19.8 Å². The predicted molar refractivity (Wildman–Crippen MR) is 87.3 cm³/mol. The number of hydrogen-bond acceptors (Lipinski definition) is 4. The Balaban J connectivity index is 1.69. The molecule has 1 aromatic rings. The highest BCUT2D eigenvalue weighted by molar-refractivity contribution is 9.10. The maximum atomic E-state index is 12.1. The lowest BCUT2D eigenvalue weighted by Gasteiger charge is -2.35. The largest absolute Gasteiger partial charge is 0.494 e. The van der Waals surface area contributed by atoms with Crippen LogP contribution in [0.2, 0.25) is 0 Å². The van der Waals surface area contributed by atoms with Gasteiger partial charge in [0.2, 0.25) is 5.91 Å². The van der Waals surface area contributed by atoms with Crippen LogP contribution in [0, 0.1) is 0 Å². The smallest absolute Gasteiger partial charge is 0.335 e. The van der Waals surface area contributed by atoms with Crippen molar-refractivity contribution in [1.29, 1.82) is 0 Å². The fourth-order valence-electron chi connectivity index (χ4n) is 2.47. The van der Waals surface area contributed by atoms with Crippen molar-refractivity contribution in [2.45, 2.75) is 31.3 Å². The number of carbonyl (C=O) groups excluding carboxylic acids is 1. The van der Waals surface area contributed by atoms with E-state index in [-0.39, 0.29) is 31.8 Å². The fraction of sp³-hybridized carbons (Fsp3) is 0.500.